The maximum atomic E-state index is 12.5. The summed E-state index contributed by atoms with van der Waals surface area (Å²) < 4.78 is 43.2. The van der Waals surface area contributed by atoms with E-state index in [0.29, 0.717) is 31.3 Å². The van der Waals surface area contributed by atoms with Crippen molar-refractivity contribution in [3.05, 3.63) is 18.2 Å². The van der Waals surface area contributed by atoms with Gasteiger partial charge < -0.3 is 19.1 Å². The van der Waals surface area contributed by atoms with E-state index in [1.807, 2.05) is 0 Å². The highest BCUT2D eigenvalue weighted by molar-refractivity contribution is 7.89. The second kappa shape index (κ2) is 10.4. The molecule has 29 heavy (non-hydrogen) atoms. The molecule has 1 atom stereocenters. The number of hydrogen-bond donors (Lipinski definition) is 1. The molecule has 1 aromatic rings. The molecule has 0 saturated carbocycles. The standard InChI is InChI=1S/C19H28N2O7S/c1-4-21(13-14(2)19(23)26-3)18(22)8-9-20-29(24,25)15-6-7-16-17(12-15)28-11-5-10-27-16/h6-7,12,14,20H,4-5,8-11,13H2,1-3H3. The molecule has 0 aliphatic carbocycles. The number of nitrogens with one attached hydrogen (secondary N) is 1. The molecule has 1 amide bonds. The maximum absolute atomic E-state index is 12.5. The number of nitrogens with zero attached hydrogens (tertiary/aromatic N) is 1. The lowest BCUT2D eigenvalue weighted by Crippen LogP contribution is -2.38. The van der Waals surface area contributed by atoms with Crippen LogP contribution in [0.5, 0.6) is 11.5 Å². The van der Waals surface area contributed by atoms with E-state index >= 15 is 0 Å². The first-order chi connectivity index (χ1) is 13.8. The largest absolute Gasteiger partial charge is 0.490 e. The number of carbonyl (C=O) groups is 2. The highest BCUT2D eigenvalue weighted by Gasteiger charge is 2.22. The molecule has 1 aliphatic rings. The summed E-state index contributed by atoms with van der Waals surface area (Å²) in [5, 5.41) is 0. The lowest BCUT2D eigenvalue weighted by molar-refractivity contribution is -0.146. The first-order valence-electron chi connectivity index (χ1n) is 9.53. The van der Waals surface area contributed by atoms with Gasteiger partial charge in [-0.15, -0.1) is 0 Å². The molecule has 162 valence electrons. The third-order valence-electron chi connectivity index (χ3n) is 4.49. The van der Waals surface area contributed by atoms with Crippen LogP contribution in [0.1, 0.15) is 26.7 Å². The number of methoxy groups -OCH3 is 1. The van der Waals surface area contributed by atoms with E-state index in [0.717, 1.165) is 6.42 Å². The number of benzene rings is 1. The Kier molecular flexibility index (Phi) is 8.27. The molecule has 1 aromatic carbocycles. The predicted octanol–water partition coefficient (Wildman–Crippen LogP) is 1.17. The quantitative estimate of drug-likeness (QED) is 0.588. The lowest BCUT2D eigenvalue weighted by atomic mass is 10.1. The minimum atomic E-state index is -3.80. The van der Waals surface area contributed by atoms with Gasteiger partial charge in [0.15, 0.2) is 11.5 Å². The van der Waals surface area contributed by atoms with Gasteiger partial charge in [-0.3, -0.25) is 9.59 Å². The number of sulfonamides is 1. The van der Waals surface area contributed by atoms with Crippen molar-refractivity contribution in [3.8, 4) is 11.5 Å². The topological polar surface area (TPSA) is 111 Å². The second-order valence-electron chi connectivity index (χ2n) is 6.66. The molecule has 9 nitrogen and oxygen atoms in total. The number of carbonyl (C=O) groups excluding carboxylic acids is 2. The van der Waals surface area contributed by atoms with Gasteiger partial charge >= 0.3 is 5.97 Å². The van der Waals surface area contributed by atoms with E-state index in [2.05, 4.69) is 9.46 Å². The fraction of sp³-hybridized carbons (Fsp3) is 0.579. The van der Waals surface area contributed by atoms with Crippen LogP contribution in [0.2, 0.25) is 0 Å². The minimum absolute atomic E-state index is 0.0223. The van der Waals surface area contributed by atoms with Gasteiger partial charge in [-0.05, 0) is 19.1 Å². The molecule has 0 bridgehead atoms. The Balaban J connectivity index is 1.93. The Hall–Kier alpha value is -2.33. The smallest absolute Gasteiger partial charge is 0.310 e. The van der Waals surface area contributed by atoms with E-state index in [-0.39, 0.29) is 30.3 Å². The Morgan fingerprint density at radius 1 is 1.24 bits per heavy atom. The number of fused-ring (bicyclic) bond motifs is 1. The van der Waals surface area contributed by atoms with Crippen LogP contribution < -0.4 is 14.2 Å². The van der Waals surface area contributed by atoms with Gasteiger partial charge in [0.2, 0.25) is 15.9 Å². The summed E-state index contributed by atoms with van der Waals surface area (Å²) in [4.78, 5) is 25.5. The monoisotopic (exact) mass is 428 g/mol. The zero-order valence-electron chi connectivity index (χ0n) is 17.0. The van der Waals surface area contributed by atoms with E-state index in [4.69, 9.17) is 9.47 Å². The van der Waals surface area contributed by atoms with Gasteiger partial charge in [0.1, 0.15) is 0 Å². The number of rotatable bonds is 9. The maximum Gasteiger partial charge on any atom is 0.310 e. The van der Waals surface area contributed by atoms with Gasteiger partial charge in [0, 0.05) is 38.5 Å². The van der Waals surface area contributed by atoms with E-state index in [1.165, 1.54) is 24.1 Å². The highest BCUT2D eigenvalue weighted by Crippen LogP contribution is 2.31. The average Bonchev–Trinajstić information content (AvgIpc) is 2.95. The Morgan fingerprint density at radius 2 is 1.93 bits per heavy atom. The van der Waals surface area contributed by atoms with Crippen molar-refractivity contribution in [1.29, 1.82) is 0 Å². The van der Waals surface area contributed by atoms with Crippen molar-refractivity contribution < 1.29 is 32.2 Å². The average molecular weight is 429 g/mol. The van der Waals surface area contributed by atoms with Crippen LogP contribution >= 0.6 is 0 Å². The summed E-state index contributed by atoms with van der Waals surface area (Å²) in [6.45, 7) is 5.01. The van der Waals surface area contributed by atoms with Crippen LogP contribution in [0.3, 0.4) is 0 Å². The molecule has 0 aromatic heterocycles. The summed E-state index contributed by atoms with van der Waals surface area (Å²) in [6.07, 6.45) is 0.700. The van der Waals surface area contributed by atoms with Crippen molar-refractivity contribution in [2.24, 2.45) is 5.92 Å². The molecule has 1 heterocycles. The van der Waals surface area contributed by atoms with Gasteiger partial charge in [0.05, 0.1) is 31.1 Å². The molecule has 0 spiro atoms. The fourth-order valence-electron chi connectivity index (χ4n) is 2.86. The SMILES string of the molecule is CCN(CC(C)C(=O)OC)C(=O)CCNS(=O)(=O)c1ccc2c(c1)OCCCO2. The Labute approximate surface area is 171 Å². The number of esters is 1. The molecule has 10 heteroatoms. The second-order valence-corrected chi connectivity index (χ2v) is 8.43. The minimum Gasteiger partial charge on any atom is -0.490 e. The van der Waals surface area contributed by atoms with Crippen molar-refractivity contribution >= 4 is 21.9 Å². The van der Waals surface area contributed by atoms with Crippen LogP contribution in [-0.2, 0) is 24.3 Å². The molecular formula is C19H28N2O7S. The van der Waals surface area contributed by atoms with Crippen LogP contribution in [0.4, 0.5) is 0 Å². The lowest BCUT2D eigenvalue weighted by Gasteiger charge is -2.23. The first kappa shape index (κ1) is 23.0. The normalized spacial score (nSPS) is 14.6. The van der Waals surface area contributed by atoms with Gasteiger partial charge in [-0.2, -0.15) is 0 Å². The van der Waals surface area contributed by atoms with Crippen LogP contribution in [0, 0.1) is 5.92 Å². The molecule has 0 saturated heterocycles. The zero-order valence-corrected chi connectivity index (χ0v) is 17.8. The zero-order chi connectivity index (χ0) is 21.4. The summed E-state index contributed by atoms with van der Waals surface area (Å²) in [6, 6.07) is 4.42. The number of ether oxygens (including phenoxy) is 3. The summed E-state index contributed by atoms with van der Waals surface area (Å²) >= 11 is 0. The van der Waals surface area contributed by atoms with Crippen molar-refractivity contribution in [1.82, 2.24) is 9.62 Å². The summed E-state index contributed by atoms with van der Waals surface area (Å²) in [7, 11) is -2.51. The van der Waals surface area contributed by atoms with Crippen molar-refractivity contribution in [2.75, 3.05) is 40.0 Å². The molecular weight excluding hydrogens is 400 g/mol. The van der Waals surface area contributed by atoms with E-state index in [9.17, 15) is 18.0 Å². The Morgan fingerprint density at radius 3 is 2.59 bits per heavy atom. The van der Waals surface area contributed by atoms with Crippen LogP contribution in [0.25, 0.3) is 0 Å². The number of amides is 1. The molecule has 1 unspecified atom stereocenters. The van der Waals surface area contributed by atoms with Crippen molar-refractivity contribution in [2.45, 2.75) is 31.6 Å². The number of hydrogen-bond acceptors (Lipinski definition) is 7. The summed E-state index contributed by atoms with van der Waals surface area (Å²) in [5.41, 5.74) is 0. The first-order valence-corrected chi connectivity index (χ1v) is 11.0. The third kappa shape index (κ3) is 6.33. The molecule has 0 fully saturated rings. The Bertz CT molecular complexity index is 826. The predicted molar refractivity (Wildman–Crippen MR) is 105 cm³/mol. The third-order valence-corrected chi connectivity index (χ3v) is 5.95. The van der Waals surface area contributed by atoms with Crippen LogP contribution in [-0.4, -0.2) is 65.2 Å². The molecule has 0 radical (unpaired) electrons. The highest BCUT2D eigenvalue weighted by atomic mass is 32.2. The van der Waals surface area contributed by atoms with Crippen molar-refractivity contribution in [3.63, 3.8) is 0 Å². The molecule has 1 N–H and O–H groups in total. The fourth-order valence-corrected chi connectivity index (χ4v) is 3.90. The molecule has 1 aliphatic heterocycles. The molecule has 2 rings (SSSR count). The van der Waals surface area contributed by atoms with Gasteiger partial charge in [-0.25, -0.2) is 13.1 Å². The van der Waals surface area contributed by atoms with E-state index in [1.54, 1.807) is 19.9 Å². The van der Waals surface area contributed by atoms with Gasteiger partial charge in [-0.1, -0.05) is 6.92 Å². The van der Waals surface area contributed by atoms with Crippen LogP contribution in [0.15, 0.2) is 23.1 Å². The van der Waals surface area contributed by atoms with E-state index < -0.39 is 21.9 Å². The summed E-state index contributed by atoms with van der Waals surface area (Å²) in [5.74, 6) is -0.205. The van der Waals surface area contributed by atoms with Gasteiger partial charge in [0.25, 0.3) is 0 Å².